The zero-order valence-corrected chi connectivity index (χ0v) is 45.9. The average Bonchev–Trinajstić information content (AvgIpc) is 3.34. The molecule has 0 rings (SSSR count). The highest BCUT2D eigenvalue weighted by atomic mass is 16.5. The maximum absolute atomic E-state index is 12.4. The van der Waals surface area contributed by atoms with Crippen LogP contribution in [0.5, 0.6) is 0 Å². The third kappa shape index (κ3) is 53.7. The van der Waals surface area contributed by atoms with Crippen molar-refractivity contribution in [1.82, 2.24) is 5.32 Å². The first-order chi connectivity index (χ1) is 33.5. The van der Waals surface area contributed by atoms with E-state index < -0.39 is 12.1 Å². The molecule has 402 valence electrons. The number of aliphatic hydroxyl groups excluding tert-OH is 2. The number of aliphatic hydroxyl groups is 2. The van der Waals surface area contributed by atoms with Gasteiger partial charge in [-0.3, -0.25) is 9.59 Å². The predicted octanol–water partition coefficient (Wildman–Crippen LogP) is 19.0. The lowest BCUT2D eigenvalue weighted by Gasteiger charge is -2.20. The molecule has 6 heteroatoms. The van der Waals surface area contributed by atoms with Crippen LogP contribution in [0, 0.1) is 0 Å². The smallest absolute Gasteiger partial charge is 0.305 e. The topological polar surface area (TPSA) is 95.9 Å². The van der Waals surface area contributed by atoms with Crippen LogP contribution in [0.2, 0.25) is 0 Å². The van der Waals surface area contributed by atoms with E-state index in [1.54, 1.807) is 6.08 Å². The van der Waals surface area contributed by atoms with Crippen molar-refractivity contribution in [2.24, 2.45) is 0 Å². The number of carbonyl (C=O) groups is 2. The number of hydrogen-bond acceptors (Lipinski definition) is 5. The number of amides is 1. The summed E-state index contributed by atoms with van der Waals surface area (Å²) in [6.07, 6.45) is 70.7. The van der Waals surface area contributed by atoms with E-state index in [0.717, 1.165) is 44.9 Å². The zero-order valence-electron chi connectivity index (χ0n) is 45.9. The first-order valence-corrected chi connectivity index (χ1v) is 30.6. The van der Waals surface area contributed by atoms with E-state index in [4.69, 9.17) is 4.74 Å². The van der Waals surface area contributed by atoms with Gasteiger partial charge in [0.15, 0.2) is 0 Å². The quantitative estimate of drug-likeness (QED) is 0.0321. The predicted molar refractivity (Wildman–Crippen MR) is 296 cm³/mol. The molecule has 0 aliphatic heterocycles. The summed E-state index contributed by atoms with van der Waals surface area (Å²) in [7, 11) is 0. The second-order valence-electron chi connectivity index (χ2n) is 21.0. The second-order valence-corrected chi connectivity index (χ2v) is 21.0. The summed E-state index contributed by atoms with van der Waals surface area (Å²) in [6.45, 7) is 4.91. The van der Waals surface area contributed by atoms with Gasteiger partial charge in [0.25, 0.3) is 0 Å². The summed E-state index contributed by atoms with van der Waals surface area (Å²) in [5.74, 6) is -0.0600. The zero-order chi connectivity index (χ0) is 49.3. The van der Waals surface area contributed by atoms with Crippen molar-refractivity contribution < 1.29 is 24.5 Å². The molecule has 2 atom stereocenters. The Kier molecular flexibility index (Phi) is 56.5. The third-order valence-electron chi connectivity index (χ3n) is 14.2. The number of nitrogens with one attached hydrogen (secondary N) is 1. The van der Waals surface area contributed by atoms with E-state index >= 15 is 0 Å². The molecule has 0 bridgehead atoms. The lowest BCUT2D eigenvalue weighted by atomic mass is 10.0. The normalized spacial score (nSPS) is 12.7. The lowest BCUT2D eigenvalue weighted by molar-refractivity contribution is -0.143. The van der Waals surface area contributed by atoms with Crippen LogP contribution in [0.1, 0.15) is 335 Å². The van der Waals surface area contributed by atoms with Gasteiger partial charge in [0, 0.05) is 12.8 Å². The Morgan fingerprint density at radius 3 is 1.04 bits per heavy atom. The van der Waals surface area contributed by atoms with Crippen molar-refractivity contribution in [3.05, 3.63) is 24.3 Å². The summed E-state index contributed by atoms with van der Waals surface area (Å²) in [5, 5.41) is 23.1. The molecule has 6 nitrogen and oxygen atoms in total. The molecular weight excluding hydrogens is 839 g/mol. The van der Waals surface area contributed by atoms with Crippen molar-refractivity contribution >= 4 is 11.9 Å². The molecule has 0 aromatic carbocycles. The fourth-order valence-electron chi connectivity index (χ4n) is 9.51. The van der Waals surface area contributed by atoms with Crippen molar-refractivity contribution in [1.29, 1.82) is 0 Å². The number of rotatable bonds is 57. The molecule has 0 aliphatic carbocycles. The van der Waals surface area contributed by atoms with Crippen LogP contribution in [0.15, 0.2) is 24.3 Å². The minimum Gasteiger partial charge on any atom is -0.466 e. The summed E-state index contributed by atoms with van der Waals surface area (Å²) in [6, 6.07) is -0.627. The number of carbonyl (C=O) groups excluding carboxylic acids is 2. The highest BCUT2D eigenvalue weighted by Crippen LogP contribution is 2.17. The molecular formula is C62H119NO5. The lowest BCUT2D eigenvalue weighted by Crippen LogP contribution is -2.45. The van der Waals surface area contributed by atoms with Gasteiger partial charge in [0.2, 0.25) is 5.91 Å². The van der Waals surface area contributed by atoms with Gasteiger partial charge in [-0.2, -0.15) is 0 Å². The Hall–Kier alpha value is -1.66. The Balaban J connectivity index is 3.38. The molecule has 1 amide bonds. The molecule has 0 saturated heterocycles. The van der Waals surface area contributed by atoms with Crippen LogP contribution in [-0.2, 0) is 14.3 Å². The van der Waals surface area contributed by atoms with E-state index in [1.165, 1.54) is 263 Å². The van der Waals surface area contributed by atoms with Crippen molar-refractivity contribution in [3.8, 4) is 0 Å². The first-order valence-electron chi connectivity index (χ1n) is 30.6. The SMILES string of the molecule is CCCCCCCC/C=C\CCCCCCCCCC(=O)OCCCCCCCCCCCCCCCCCCCCCCCC(=O)NC(CO)C(O)/C=C/CCCCCCCCCCCCC. The molecule has 2 unspecified atom stereocenters. The van der Waals surface area contributed by atoms with Crippen LogP contribution in [-0.4, -0.2) is 47.4 Å². The minimum atomic E-state index is -0.844. The molecule has 3 N–H and O–H groups in total. The van der Waals surface area contributed by atoms with Gasteiger partial charge >= 0.3 is 5.97 Å². The Bertz CT molecular complexity index is 1060. The summed E-state index contributed by atoms with van der Waals surface area (Å²) in [4.78, 5) is 24.5. The molecule has 68 heavy (non-hydrogen) atoms. The fraction of sp³-hybridized carbons (Fsp3) is 0.903. The van der Waals surface area contributed by atoms with Crippen molar-refractivity contribution in [2.45, 2.75) is 347 Å². The molecule has 0 aliphatic rings. The van der Waals surface area contributed by atoms with Crippen LogP contribution < -0.4 is 5.32 Å². The van der Waals surface area contributed by atoms with Gasteiger partial charge in [-0.1, -0.05) is 289 Å². The molecule has 0 fully saturated rings. The van der Waals surface area contributed by atoms with E-state index in [1.807, 2.05) is 6.08 Å². The van der Waals surface area contributed by atoms with E-state index in [9.17, 15) is 19.8 Å². The summed E-state index contributed by atoms with van der Waals surface area (Å²) in [5.41, 5.74) is 0. The number of hydrogen-bond donors (Lipinski definition) is 3. The molecule has 0 heterocycles. The van der Waals surface area contributed by atoms with Gasteiger partial charge < -0.3 is 20.3 Å². The van der Waals surface area contributed by atoms with Crippen LogP contribution >= 0.6 is 0 Å². The largest absolute Gasteiger partial charge is 0.466 e. The highest BCUT2D eigenvalue weighted by molar-refractivity contribution is 5.76. The average molecular weight is 959 g/mol. The van der Waals surface area contributed by atoms with E-state index in [2.05, 4.69) is 31.3 Å². The second kappa shape index (κ2) is 57.9. The van der Waals surface area contributed by atoms with Crippen LogP contribution in [0.4, 0.5) is 0 Å². The summed E-state index contributed by atoms with van der Waals surface area (Å²) < 4.78 is 5.49. The van der Waals surface area contributed by atoms with Crippen LogP contribution in [0.25, 0.3) is 0 Å². The molecule has 0 radical (unpaired) electrons. The number of esters is 1. The molecule has 0 aromatic rings. The number of ether oxygens (including phenoxy) is 1. The van der Waals surface area contributed by atoms with Crippen LogP contribution in [0.3, 0.4) is 0 Å². The fourth-order valence-corrected chi connectivity index (χ4v) is 9.51. The van der Waals surface area contributed by atoms with Gasteiger partial charge in [-0.25, -0.2) is 0 Å². The molecule has 0 aromatic heterocycles. The number of unbranched alkanes of at least 4 members (excludes halogenated alkanes) is 44. The van der Waals surface area contributed by atoms with Gasteiger partial charge in [0.1, 0.15) is 0 Å². The highest BCUT2D eigenvalue weighted by Gasteiger charge is 2.18. The third-order valence-corrected chi connectivity index (χ3v) is 14.2. The van der Waals surface area contributed by atoms with Gasteiger partial charge in [0.05, 0.1) is 25.4 Å². The van der Waals surface area contributed by atoms with Crippen molar-refractivity contribution in [2.75, 3.05) is 13.2 Å². The number of allylic oxidation sites excluding steroid dienone is 3. The maximum atomic E-state index is 12.4. The monoisotopic (exact) mass is 958 g/mol. The van der Waals surface area contributed by atoms with Gasteiger partial charge in [-0.05, 0) is 57.8 Å². The molecule has 0 spiro atoms. The maximum Gasteiger partial charge on any atom is 0.305 e. The first kappa shape index (κ1) is 66.3. The molecule has 0 saturated carbocycles. The van der Waals surface area contributed by atoms with Crippen molar-refractivity contribution in [3.63, 3.8) is 0 Å². The minimum absolute atomic E-state index is 0.00829. The Labute approximate surface area is 424 Å². The summed E-state index contributed by atoms with van der Waals surface area (Å²) >= 11 is 0. The van der Waals surface area contributed by atoms with E-state index in [0.29, 0.717) is 19.4 Å². The standard InChI is InChI=1S/C62H119NO5/c1-3-5-7-9-11-13-15-17-18-24-28-32-36-40-44-48-52-56-62(67)68-57-53-49-45-41-37-33-29-26-23-21-19-20-22-25-27-31-35-39-43-47-51-55-61(66)63-59(58-64)60(65)54-50-46-42-38-34-30-16-14-12-10-8-6-4-2/h17-18,50,54,59-60,64-65H,3-16,19-49,51-53,55-58H2,1-2H3,(H,63,66)/b18-17-,54-50+. The Morgan fingerprint density at radius 1 is 0.397 bits per heavy atom. The van der Waals surface area contributed by atoms with Gasteiger partial charge in [-0.15, -0.1) is 0 Å². The Morgan fingerprint density at radius 2 is 0.691 bits per heavy atom. The van der Waals surface area contributed by atoms with E-state index in [-0.39, 0.29) is 18.5 Å².